The van der Waals surface area contributed by atoms with E-state index in [0.29, 0.717) is 27.4 Å². The first-order chi connectivity index (χ1) is 10.1. The number of nitrogens with zero attached hydrogens (tertiary/aromatic N) is 2. The van der Waals surface area contributed by atoms with Crippen LogP contribution in [0.5, 0.6) is 0 Å². The van der Waals surface area contributed by atoms with Crippen LogP contribution < -0.4 is 0 Å². The summed E-state index contributed by atoms with van der Waals surface area (Å²) in [7, 11) is 0. The lowest BCUT2D eigenvalue weighted by Gasteiger charge is -2.10. The monoisotopic (exact) mass is 300 g/mol. The van der Waals surface area contributed by atoms with Crippen molar-refractivity contribution in [1.29, 1.82) is 0 Å². The third kappa shape index (κ3) is 2.38. The van der Waals surface area contributed by atoms with Gasteiger partial charge in [-0.25, -0.2) is 14.4 Å². The average molecular weight is 301 g/mol. The van der Waals surface area contributed by atoms with Crippen molar-refractivity contribution in [2.75, 3.05) is 0 Å². The Morgan fingerprint density at radius 3 is 2.62 bits per heavy atom. The number of hydrogen-bond donors (Lipinski definition) is 0. The Kier molecular flexibility index (Phi) is 3.60. The Morgan fingerprint density at radius 1 is 1.10 bits per heavy atom. The third-order valence-electron chi connectivity index (χ3n) is 3.65. The summed E-state index contributed by atoms with van der Waals surface area (Å²) in [4.78, 5) is 8.92. The molecule has 0 aliphatic carbocycles. The van der Waals surface area contributed by atoms with Gasteiger partial charge in [0.1, 0.15) is 11.0 Å². The van der Waals surface area contributed by atoms with Gasteiger partial charge in [-0.1, -0.05) is 42.8 Å². The van der Waals surface area contributed by atoms with Gasteiger partial charge in [0.25, 0.3) is 0 Å². The molecule has 0 bridgehead atoms. The van der Waals surface area contributed by atoms with Gasteiger partial charge in [-0.2, -0.15) is 0 Å². The Labute approximate surface area is 127 Å². The highest BCUT2D eigenvalue weighted by Gasteiger charge is 2.13. The predicted molar refractivity (Wildman–Crippen MR) is 84.1 cm³/mol. The van der Waals surface area contributed by atoms with Gasteiger partial charge < -0.3 is 0 Å². The maximum atomic E-state index is 13.8. The van der Waals surface area contributed by atoms with Crippen molar-refractivity contribution in [3.63, 3.8) is 0 Å². The molecule has 0 radical (unpaired) electrons. The van der Waals surface area contributed by atoms with Gasteiger partial charge in [0.2, 0.25) is 0 Å². The molecule has 1 aromatic heterocycles. The second-order valence-corrected chi connectivity index (χ2v) is 5.28. The number of aromatic nitrogens is 2. The van der Waals surface area contributed by atoms with Crippen molar-refractivity contribution in [2.24, 2.45) is 0 Å². The molecule has 3 aromatic rings. The molecular weight excluding hydrogens is 287 g/mol. The first kappa shape index (κ1) is 14.0. The second kappa shape index (κ2) is 5.41. The molecule has 0 fully saturated rings. The Hall–Kier alpha value is -2.00. The van der Waals surface area contributed by atoms with Crippen LogP contribution in [0.25, 0.3) is 22.3 Å². The van der Waals surface area contributed by atoms with E-state index in [1.807, 2.05) is 24.3 Å². The van der Waals surface area contributed by atoms with Crippen molar-refractivity contribution in [3.8, 4) is 11.4 Å². The summed E-state index contributed by atoms with van der Waals surface area (Å²) in [6.07, 6.45) is 0.872. The van der Waals surface area contributed by atoms with Crippen LogP contribution in [0.2, 0.25) is 5.15 Å². The minimum Gasteiger partial charge on any atom is -0.227 e. The molecule has 21 heavy (non-hydrogen) atoms. The second-order valence-electron chi connectivity index (χ2n) is 4.92. The van der Waals surface area contributed by atoms with Gasteiger partial charge in [-0.15, -0.1) is 0 Å². The van der Waals surface area contributed by atoms with E-state index in [2.05, 4.69) is 16.9 Å². The van der Waals surface area contributed by atoms with Crippen molar-refractivity contribution in [1.82, 2.24) is 9.97 Å². The molecule has 0 spiro atoms. The molecular formula is C17H14ClFN2. The summed E-state index contributed by atoms with van der Waals surface area (Å²) in [5, 5.41) is 1.03. The van der Waals surface area contributed by atoms with Gasteiger partial charge in [0, 0.05) is 16.5 Å². The third-order valence-corrected chi connectivity index (χ3v) is 3.94. The van der Waals surface area contributed by atoms with E-state index in [1.165, 1.54) is 6.07 Å². The average Bonchev–Trinajstić information content (AvgIpc) is 2.51. The quantitative estimate of drug-likeness (QED) is 0.625. The van der Waals surface area contributed by atoms with Crippen LogP contribution >= 0.6 is 11.6 Å². The van der Waals surface area contributed by atoms with Crippen LogP contribution in [0, 0.1) is 12.7 Å². The fourth-order valence-electron chi connectivity index (χ4n) is 2.44. The zero-order valence-corrected chi connectivity index (χ0v) is 12.6. The molecule has 0 aliphatic rings. The number of aryl methyl sites for hydroxylation is 2. The summed E-state index contributed by atoms with van der Waals surface area (Å²) < 4.78 is 13.8. The van der Waals surface area contributed by atoms with E-state index in [0.717, 1.165) is 17.5 Å². The fraction of sp³-hybridized carbons (Fsp3) is 0.176. The smallest absolute Gasteiger partial charge is 0.161 e. The predicted octanol–water partition coefficient (Wildman–Crippen LogP) is 4.96. The van der Waals surface area contributed by atoms with Crippen LogP contribution in [0.1, 0.15) is 18.1 Å². The van der Waals surface area contributed by atoms with Gasteiger partial charge in [0.05, 0.1) is 5.52 Å². The lowest BCUT2D eigenvalue weighted by Crippen LogP contribution is -1.97. The molecule has 2 aromatic carbocycles. The zero-order chi connectivity index (χ0) is 15.0. The minimum absolute atomic E-state index is 0.285. The SMILES string of the molecule is CCc1ccccc1-c1nc(Cl)c2ccc(F)c(C)c2n1. The minimum atomic E-state index is -0.285. The maximum Gasteiger partial charge on any atom is 0.161 e. The molecule has 0 saturated carbocycles. The Morgan fingerprint density at radius 2 is 1.86 bits per heavy atom. The molecule has 106 valence electrons. The van der Waals surface area contributed by atoms with Crippen molar-refractivity contribution in [2.45, 2.75) is 20.3 Å². The lowest BCUT2D eigenvalue weighted by atomic mass is 10.0. The van der Waals surface area contributed by atoms with Gasteiger partial charge in [0.15, 0.2) is 5.82 Å². The number of rotatable bonds is 2. The highest BCUT2D eigenvalue weighted by atomic mass is 35.5. The van der Waals surface area contributed by atoms with Gasteiger partial charge in [-0.3, -0.25) is 0 Å². The standard InChI is InChI=1S/C17H14ClFN2/c1-3-11-6-4-5-7-12(11)17-20-15-10(2)14(19)9-8-13(15)16(18)21-17/h4-9H,3H2,1-2H3. The highest BCUT2D eigenvalue weighted by molar-refractivity contribution is 6.34. The van der Waals surface area contributed by atoms with E-state index in [4.69, 9.17) is 11.6 Å². The van der Waals surface area contributed by atoms with E-state index in [1.54, 1.807) is 13.0 Å². The van der Waals surface area contributed by atoms with Crippen LogP contribution in [0.3, 0.4) is 0 Å². The van der Waals surface area contributed by atoms with Crippen LogP contribution in [-0.4, -0.2) is 9.97 Å². The molecule has 0 atom stereocenters. The van der Waals surface area contributed by atoms with E-state index < -0.39 is 0 Å². The summed E-state index contributed by atoms with van der Waals surface area (Å²) in [5.74, 6) is 0.255. The van der Waals surface area contributed by atoms with E-state index in [9.17, 15) is 4.39 Å². The Bertz CT molecular complexity index is 830. The number of halogens is 2. The number of fused-ring (bicyclic) bond motifs is 1. The molecule has 3 rings (SSSR count). The summed E-state index contributed by atoms with van der Waals surface area (Å²) in [6, 6.07) is 10.9. The molecule has 1 heterocycles. The van der Waals surface area contributed by atoms with Crippen molar-refractivity contribution < 1.29 is 4.39 Å². The topological polar surface area (TPSA) is 25.8 Å². The maximum absolute atomic E-state index is 13.8. The van der Waals surface area contributed by atoms with Crippen molar-refractivity contribution in [3.05, 3.63) is 58.5 Å². The van der Waals surface area contributed by atoms with E-state index >= 15 is 0 Å². The first-order valence-corrected chi connectivity index (χ1v) is 7.20. The molecule has 0 amide bonds. The highest BCUT2D eigenvalue weighted by Crippen LogP contribution is 2.29. The number of hydrogen-bond acceptors (Lipinski definition) is 2. The first-order valence-electron chi connectivity index (χ1n) is 6.82. The Balaban J connectivity index is 2.32. The molecule has 0 unspecified atom stereocenters. The van der Waals surface area contributed by atoms with E-state index in [-0.39, 0.29) is 5.82 Å². The van der Waals surface area contributed by atoms with Crippen LogP contribution in [0.15, 0.2) is 36.4 Å². The molecule has 0 N–H and O–H groups in total. The summed E-state index contributed by atoms with van der Waals surface area (Å²) in [6.45, 7) is 3.78. The summed E-state index contributed by atoms with van der Waals surface area (Å²) in [5.41, 5.74) is 3.14. The normalized spacial score (nSPS) is 11.0. The largest absolute Gasteiger partial charge is 0.227 e. The fourth-order valence-corrected chi connectivity index (χ4v) is 2.67. The molecule has 4 heteroatoms. The lowest BCUT2D eigenvalue weighted by molar-refractivity contribution is 0.620. The number of benzene rings is 2. The van der Waals surface area contributed by atoms with Gasteiger partial charge >= 0.3 is 0 Å². The van der Waals surface area contributed by atoms with Crippen molar-refractivity contribution >= 4 is 22.5 Å². The van der Waals surface area contributed by atoms with Crippen LogP contribution in [0.4, 0.5) is 4.39 Å². The zero-order valence-electron chi connectivity index (χ0n) is 11.8. The molecule has 2 nitrogen and oxygen atoms in total. The summed E-state index contributed by atoms with van der Waals surface area (Å²) >= 11 is 6.26. The van der Waals surface area contributed by atoms with Crippen LogP contribution in [-0.2, 0) is 6.42 Å². The molecule has 0 aliphatic heterocycles. The van der Waals surface area contributed by atoms with Gasteiger partial charge in [-0.05, 0) is 31.0 Å². The molecule has 0 saturated heterocycles.